The Bertz CT molecular complexity index is 1070. The molecular formula is C25H26Cl3F3N2S. The van der Waals surface area contributed by atoms with Gasteiger partial charge in [0.1, 0.15) is 11.5 Å². The molecule has 1 saturated heterocycles. The van der Waals surface area contributed by atoms with Crippen LogP contribution in [0.5, 0.6) is 0 Å². The quantitative estimate of drug-likeness (QED) is 0.353. The molecule has 3 aliphatic rings. The number of alkyl halides is 3. The minimum Gasteiger partial charge on any atom is -0.356 e. The van der Waals surface area contributed by atoms with Gasteiger partial charge in [0.2, 0.25) is 0 Å². The van der Waals surface area contributed by atoms with Crippen LogP contribution >= 0.6 is 46.6 Å². The Labute approximate surface area is 217 Å². The van der Waals surface area contributed by atoms with Crippen molar-refractivity contribution in [2.45, 2.75) is 49.6 Å². The number of piperidine rings is 1. The minimum atomic E-state index is -2.96. The van der Waals surface area contributed by atoms with Crippen molar-refractivity contribution < 1.29 is 13.2 Å². The highest BCUT2D eigenvalue weighted by Gasteiger charge is 2.45. The number of benzene rings is 2. The lowest BCUT2D eigenvalue weighted by atomic mass is 9.74. The van der Waals surface area contributed by atoms with Crippen LogP contribution in [0, 0.1) is 11.8 Å². The van der Waals surface area contributed by atoms with E-state index in [9.17, 15) is 8.78 Å². The van der Waals surface area contributed by atoms with Crippen molar-refractivity contribution in [2.24, 2.45) is 16.8 Å². The Kier molecular flexibility index (Phi) is 7.74. The van der Waals surface area contributed by atoms with E-state index in [1.807, 2.05) is 17.0 Å². The third-order valence-electron chi connectivity index (χ3n) is 6.95. The molecule has 34 heavy (non-hydrogen) atoms. The summed E-state index contributed by atoms with van der Waals surface area (Å²) in [6.07, 6.45) is 0.108. The summed E-state index contributed by atoms with van der Waals surface area (Å²) in [6, 6.07) is 10.4. The topological polar surface area (TPSA) is 15.6 Å². The fourth-order valence-corrected chi connectivity index (χ4v) is 6.28. The highest BCUT2D eigenvalue weighted by molar-refractivity contribution is 7.99. The Morgan fingerprint density at radius 3 is 2.26 bits per heavy atom. The molecule has 2 nitrogen and oxygen atoms in total. The molecule has 0 aromatic heterocycles. The number of nitrogens with zero attached hydrogens (tertiary/aromatic N) is 2. The molecule has 0 N–H and O–H groups in total. The van der Waals surface area contributed by atoms with Gasteiger partial charge in [-0.2, -0.15) is 0 Å². The van der Waals surface area contributed by atoms with Crippen LogP contribution in [-0.4, -0.2) is 41.2 Å². The van der Waals surface area contributed by atoms with Crippen LogP contribution in [-0.2, 0) is 0 Å². The summed E-state index contributed by atoms with van der Waals surface area (Å²) in [7, 11) is 0. The van der Waals surface area contributed by atoms with Gasteiger partial charge in [0.15, 0.2) is 0 Å². The molecule has 0 saturated carbocycles. The molecule has 9 heteroatoms. The first-order valence-electron chi connectivity index (χ1n) is 11.3. The number of thioether (sulfide) groups is 1. The van der Waals surface area contributed by atoms with Crippen molar-refractivity contribution in [1.82, 2.24) is 4.90 Å². The Hall–Kier alpha value is -1.08. The fraction of sp³-hybridized carbons (Fsp3) is 0.480. The maximum Gasteiger partial charge on any atom is 0.257 e. The summed E-state index contributed by atoms with van der Waals surface area (Å²) < 4.78 is 45.7. The summed E-state index contributed by atoms with van der Waals surface area (Å²) in [4.78, 5) is 7.35. The maximum atomic E-state index is 16.0. The summed E-state index contributed by atoms with van der Waals surface area (Å²) in [5.74, 6) is -3.75. The van der Waals surface area contributed by atoms with E-state index in [4.69, 9.17) is 39.8 Å². The van der Waals surface area contributed by atoms with Crippen molar-refractivity contribution in [2.75, 3.05) is 18.8 Å². The van der Waals surface area contributed by atoms with Gasteiger partial charge in [0.25, 0.3) is 5.92 Å². The lowest BCUT2D eigenvalue weighted by molar-refractivity contribution is -0.0388. The van der Waals surface area contributed by atoms with Crippen molar-refractivity contribution in [3.8, 4) is 0 Å². The molecule has 3 heterocycles. The molecule has 4 bridgehead atoms. The molecule has 3 aliphatic heterocycles. The molecular weight excluding hydrogens is 524 g/mol. The number of amidine groups is 1. The van der Waals surface area contributed by atoms with Crippen molar-refractivity contribution >= 4 is 58.1 Å². The molecule has 0 radical (unpaired) electrons. The standard InChI is InChI=1S/C25H26Cl3F3N2S/c1-15-13-25(30,31)14-34-22-12-21(19(27)11-20(22)28)32-23(17-3-5-18(26)6-4-17)33-9-7-24(29,8-10-33)16(15)2/h3-6,11-12,15-16H,7-10,13-14H2,1-2H3. The molecule has 5 rings (SSSR count). The molecule has 2 aromatic rings. The zero-order valence-corrected chi connectivity index (χ0v) is 22.0. The minimum absolute atomic E-state index is 0.241. The van der Waals surface area contributed by atoms with Gasteiger partial charge >= 0.3 is 0 Å². The van der Waals surface area contributed by atoms with Crippen LogP contribution in [0.4, 0.5) is 18.9 Å². The molecule has 2 aromatic carbocycles. The van der Waals surface area contributed by atoms with Crippen LogP contribution in [0.3, 0.4) is 0 Å². The third kappa shape index (κ3) is 5.66. The smallest absolute Gasteiger partial charge is 0.257 e. The molecule has 2 unspecified atom stereocenters. The molecule has 0 spiro atoms. The van der Waals surface area contributed by atoms with E-state index in [1.165, 1.54) is 6.07 Å². The van der Waals surface area contributed by atoms with Gasteiger partial charge in [-0.25, -0.2) is 18.2 Å². The summed E-state index contributed by atoms with van der Waals surface area (Å²) >= 11 is 19.9. The Morgan fingerprint density at radius 1 is 0.971 bits per heavy atom. The van der Waals surface area contributed by atoms with Gasteiger partial charge in [0, 0.05) is 35.0 Å². The first kappa shape index (κ1) is 26.0. The molecule has 184 valence electrons. The molecule has 1 fully saturated rings. The van der Waals surface area contributed by atoms with E-state index in [0.29, 0.717) is 44.6 Å². The van der Waals surface area contributed by atoms with Gasteiger partial charge in [0.05, 0.1) is 21.5 Å². The second kappa shape index (κ2) is 10.1. The fourth-order valence-electron chi connectivity index (χ4n) is 4.69. The second-order valence-electron chi connectivity index (χ2n) is 9.31. The van der Waals surface area contributed by atoms with Crippen LogP contribution in [0.2, 0.25) is 15.1 Å². The first-order chi connectivity index (χ1) is 16.0. The van der Waals surface area contributed by atoms with Gasteiger partial charge in [-0.05, 0) is 61.1 Å². The lowest BCUT2D eigenvalue weighted by Gasteiger charge is -2.43. The number of halogens is 6. The predicted octanol–water partition coefficient (Wildman–Crippen LogP) is 8.93. The van der Waals surface area contributed by atoms with Gasteiger partial charge in [-0.1, -0.05) is 48.7 Å². The molecule has 0 amide bonds. The van der Waals surface area contributed by atoms with Crippen molar-refractivity contribution in [3.05, 3.63) is 57.0 Å². The van der Waals surface area contributed by atoms with Crippen LogP contribution in [0.1, 0.15) is 38.7 Å². The lowest BCUT2D eigenvalue weighted by Crippen LogP contribution is -2.49. The van der Waals surface area contributed by atoms with Gasteiger partial charge < -0.3 is 4.90 Å². The highest BCUT2D eigenvalue weighted by atomic mass is 35.5. The summed E-state index contributed by atoms with van der Waals surface area (Å²) in [5, 5.41) is 1.21. The SMILES string of the molecule is CC1CC(F)(F)CSc2cc(c(Cl)cc2Cl)N=C(c2ccc(Cl)cc2)N2CCC(F)(CC2)C1C. The maximum absolute atomic E-state index is 16.0. The number of aliphatic imine (C=N–C) groups is 1. The van der Waals surface area contributed by atoms with E-state index in [2.05, 4.69) is 0 Å². The van der Waals surface area contributed by atoms with Gasteiger partial charge in [-0.3, -0.25) is 0 Å². The number of hydrogen-bond donors (Lipinski definition) is 0. The third-order valence-corrected chi connectivity index (χ3v) is 9.15. The second-order valence-corrected chi connectivity index (χ2v) is 11.6. The predicted molar refractivity (Wildman–Crippen MR) is 137 cm³/mol. The number of hydrogen-bond acceptors (Lipinski definition) is 3. The molecule has 0 aliphatic carbocycles. The monoisotopic (exact) mass is 548 g/mol. The molecule has 2 atom stereocenters. The van der Waals surface area contributed by atoms with Crippen LogP contribution < -0.4 is 0 Å². The Balaban J connectivity index is 1.83. The number of rotatable bonds is 1. The van der Waals surface area contributed by atoms with E-state index >= 15 is 4.39 Å². The normalized spacial score (nSPS) is 24.8. The van der Waals surface area contributed by atoms with Crippen molar-refractivity contribution in [1.29, 1.82) is 0 Å². The zero-order valence-electron chi connectivity index (χ0n) is 18.9. The van der Waals surface area contributed by atoms with Gasteiger partial charge in [-0.15, -0.1) is 11.8 Å². The zero-order chi connectivity index (χ0) is 24.7. The van der Waals surface area contributed by atoms with E-state index in [0.717, 1.165) is 17.3 Å². The van der Waals surface area contributed by atoms with Crippen molar-refractivity contribution in [3.63, 3.8) is 0 Å². The number of fused-ring (bicyclic) bond motifs is 7. The van der Waals surface area contributed by atoms with Crippen LogP contribution in [0.15, 0.2) is 46.3 Å². The summed E-state index contributed by atoms with van der Waals surface area (Å²) in [5.41, 5.74) is -0.271. The largest absolute Gasteiger partial charge is 0.356 e. The van der Waals surface area contributed by atoms with E-state index in [1.54, 1.807) is 32.0 Å². The summed E-state index contributed by atoms with van der Waals surface area (Å²) in [6.45, 7) is 4.31. The Morgan fingerprint density at radius 2 is 1.62 bits per heavy atom. The average molecular weight is 550 g/mol. The first-order valence-corrected chi connectivity index (χ1v) is 13.4. The highest BCUT2D eigenvalue weighted by Crippen LogP contribution is 2.44. The van der Waals surface area contributed by atoms with E-state index in [-0.39, 0.29) is 19.3 Å². The van der Waals surface area contributed by atoms with E-state index < -0.39 is 29.2 Å². The average Bonchev–Trinajstić information content (AvgIpc) is 2.78. The van der Waals surface area contributed by atoms with Crippen LogP contribution in [0.25, 0.3) is 0 Å².